The molecule has 0 saturated heterocycles. The second-order valence-corrected chi connectivity index (χ2v) is 2.49. The molecule has 0 aromatic heterocycles. The highest BCUT2D eigenvalue weighted by atomic mass is 32.2. The summed E-state index contributed by atoms with van der Waals surface area (Å²) in [5.74, 6) is 5.01. The van der Waals surface area contributed by atoms with Crippen molar-refractivity contribution in [2.24, 2.45) is 10.8 Å². The van der Waals surface area contributed by atoms with Gasteiger partial charge in [-0.25, -0.2) is 4.99 Å². The molecule has 0 heterocycles. The van der Waals surface area contributed by atoms with Crippen molar-refractivity contribution in [2.45, 2.75) is 0 Å². The second-order valence-electron chi connectivity index (χ2n) is 1.81. The first-order valence-electron chi connectivity index (χ1n) is 3.12. The van der Waals surface area contributed by atoms with Crippen LogP contribution in [-0.4, -0.2) is 5.55 Å². The molecule has 1 rings (SSSR count). The van der Waals surface area contributed by atoms with Gasteiger partial charge in [-0.2, -0.15) is 4.83 Å². The molecular weight excluding hydrogens is 158 g/mol. The van der Waals surface area contributed by atoms with Crippen LogP contribution in [0.15, 0.2) is 35.3 Å². The first-order valence-corrected chi connectivity index (χ1v) is 4.00. The van der Waals surface area contributed by atoms with Crippen LogP contribution in [0.3, 0.4) is 0 Å². The van der Waals surface area contributed by atoms with E-state index in [2.05, 4.69) is 9.82 Å². The minimum Gasteiger partial charge on any atom is -0.261 e. The number of para-hydroxylation sites is 1. The van der Waals surface area contributed by atoms with Crippen molar-refractivity contribution in [3.05, 3.63) is 30.3 Å². The van der Waals surface area contributed by atoms with Gasteiger partial charge in [0, 0.05) is 0 Å². The smallest absolute Gasteiger partial charge is 0.0768 e. The van der Waals surface area contributed by atoms with Gasteiger partial charge in [0.2, 0.25) is 0 Å². The van der Waals surface area contributed by atoms with Crippen LogP contribution in [0.5, 0.6) is 0 Å². The SMILES string of the molecule is NNSC=Nc1ccccc1. The fourth-order valence-electron chi connectivity index (χ4n) is 0.632. The summed E-state index contributed by atoms with van der Waals surface area (Å²) in [4.78, 5) is 6.50. The molecule has 1 aromatic rings. The Morgan fingerprint density at radius 3 is 2.73 bits per heavy atom. The number of hydrogen-bond donors (Lipinski definition) is 2. The molecule has 0 aliphatic carbocycles. The number of rotatable bonds is 3. The van der Waals surface area contributed by atoms with Gasteiger partial charge in [-0.15, -0.1) is 0 Å². The summed E-state index contributed by atoms with van der Waals surface area (Å²) in [6, 6.07) is 9.68. The van der Waals surface area contributed by atoms with E-state index in [9.17, 15) is 0 Å². The van der Waals surface area contributed by atoms with Gasteiger partial charge in [0.05, 0.1) is 11.2 Å². The maximum atomic E-state index is 5.01. The Bertz CT molecular complexity index is 222. The molecule has 4 heteroatoms. The molecule has 0 aliphatic heterocycles. The predicted molar refractivity (Wildman–Crippen MR) is 49.5 cm³/mol. The van der Waals surface area contributed by atoms with E-state index >= 15 is 0 Å². The van der Waals surface area contributed by atoms with Crippen molar-refractivity contribution in [1.82, 2.24) is 4.83 Å². The average molecular weight is 167 g/mol. The molecule has 0 atom stereocenters. The minimum absolute atomic E-state index is 0.926. The quantitative estimate of drug-likeness (QED) is 0.235. The third-order valence-corrected chi connectivity index (χ3v) is 1.43. The van der Waals surface area contributed by atoms with Crippen molar-refractivity contribution in [1.29, 1.82) is 0 Å². The molecule has 3 N–H and O–H groups in total. The summed E-state index contributed by atoms with van der Waals surface area (Å²) < 4.78 is 0. The first-order chi connectivity index (χ1) is 5.43. The molecule has 0 bridgehead atoms. The third-order valence-electron chi connectivity index (χ3n) is 1.08. The molecule has 0 unspecified atom stereocenters. The Labute approximate surface area is 69.8 Å². The van der Waals surface area contributed by atoms with Gasteiger partial charge in [0.1, 0.15) is 0 Å². The predicted octanol–water partition coefficient (Wildman–Crippen LogP) is 1.46. The molecule has 0 saturated carbocycles. The fourth-order valence-corrected chi connectivity index (χ4v) is 0.867. The Morgan fingerprint density at radius 1 is 1.36 bits per heavy atom. The lowest BCUT2D eigenvalue weighted by Crippen LogP contribution is -2.10. The topological polar surface area (TPSA) is 50.4 Å². The normalized spacial score (nSPS) is 10.6. The Kier molecular flexibility index (Phi) is 3.68. The highest BCUT2D eigenvalue weighted by molar-refractivity contribution is 8.10. The highest BCUT2D eigenvalue weighted by Crippen LogP contribution is 2.09. The van der Waals surface area contributed by atoms with E-state index in [4.69, 9.17) is 5.84 Å². The lowest BCUT2D eigenvalue weighted by atomic mass is 10.3. The second kappa shape index (κ2) is 4.90. The number of hydrogen-bond acceptors (Lipinski definition) is 4. The highest BCUT2D eigenvalue weighted by Gasteiger charge is 1.81. The van der Waals surface area contributed by atoms with Crippen LogP contribution in [0, 0.1) is 0 Å². The van der Waals surface area contributed by atoms with E-state index in [0.717, 1.165) is 5.69 Å². The standard InChI is InChI=1S/C7H9N3S/c8-10-11-6-9-7-4-2-1-3-5-7/h1-6,10H,8H2. The Hall–Kier alpha value is -0.840. The van der Waals surface area contributed by atoms with Crippen LogP contribution >= 0.6 is 11.9 Å². The third kappa shape index (κ3) is 3.18. The van der Waals surface area contributed by atoms with Crippen molar-refractivity contribution in [2.75, 3.05) is 0 Å². The molecule has 3 nitrogen and oxygen atoms in total. The number of nitrogens with zero attached hydrogens (tertiary/aromatic N) is 1. The summed E-state index contributed by atoms with van der Waals surface area (Å²) >= 11 is 1.24. The molecule has 0 spiro atoms. The zero-order valence-corrected chi connectivity index (χ0v) is 6.71. The first kappa shape index (κ1) is 8.26. The zero-order chi connectivity index (χ0) is 7.94. The Morgan fingerprint density at radius 2 is 2.09 bits per heavy atom. The van der Waals surface area contributed by atoms with Gasteiger partial charge in [0.25, 0.3) is 0 Å². The van der Waals surface area contributed by atoms with Gasteiger partial charge in [-0.3, -0.25) is 5.84 Å². The van der Waals surface area contributed by atoms with Crippen molar-refractivity contribution in [3.8, 4) is 0 Å². The van der Waals surface area contributed by atoms with E-state index in [1.807, 2.05) is 30.3 Å². The van der Waals surface area contributed by atoms with Crippen LogP contribution in [0.1, 0.15) is 0 Å². The van der Waals surface area contributed by atoms with Gasteiger partial charge < -0.3 is 0 Å². The van der Waals surface area contributed by atoms with Crippen molar-refractivity contribution < 1.29 is 0 Å². The maximum Gasteiger partial charge on any atom is 0.0768 e. The summed E-state index contributed by atoms with van der Waals surface area (Å²) in [6.45, 7) is 0. The lowest BCUT2D eigenvalue weighted by Gasteiger charge is -1.90. The molecule has 0 fully saturated rings. The van der Waals surface area contributed by atoms with E-state index in [0.29, 0.717) is 0 Å². The molecule has 0 aliphatic rings. The Balaban J connectivity index is 2.50. The van der Waals surface area contributed by atoms with Crippen LogP contribution < -0.4 is 10.7 Å². The van der Waals surface area contributed by atoms with Crippen molar-refractivity contribution in [3.63, 3.8) is 0 Å². The minimum atomic E-state index is 0.926. The van der Waals surface area contributed by atoms with Crippen LogP contribution in [0.25, 0.3) is 0 Å². The number of aliphatic imine (C=N–C) groups is 1. The largest absolute Gasteiger partial charge is 0.261 e. The molecule has 58 valence electrons. The molecule has 1 aromatic carbocycles. The van der Waals surface area contributed by atoms with E-state index in [1.165, 1.54) is 11.9 Å². The van der Waals surface area contributed by atoms with Gasteiger partial charge >= 0.3 is 0 Å². The number of nitrogens with one attached hydrogen (secondary N) is 1. The number of nitrogens with two attached hydrogens (primary N) is 1. The monoisotopic (exact) mass is 167 g/mol. The summed E-state index contributed by atoms with van der Waals surface area (Å²) in [7, 11) is 0. The van der Waals surface area contributed by atoms with E-state index in [1.54, 1.807) is 5.55 Å². The van der Waals surface area contributed by atoms with Gasteiger partial charge in [-0.05, 0) is 24.1 Å². The van der Waals surface area contributed by atoms with Crippen LogP contribution in [0.2, 0.25) is 0 Å². The summed E-state index contributed by atoms with van der Waals surface area (Å²) in [6.07, 6.45) is 0. The van der Waals surface area contributed by atoms with Gasteiger partial charge in [0.15, 0.2) is 0 Å². The fraction of sp³-hybridized carbons (Fsp3) is 0. The molecule has 0 amide bonds. The number of hydrazine groups is 1. The lowest BCUT2D eigenvalue weighted by molar-refractivity contribution is 1.13. The zero-order valence-electron chi connectivity index (χ0n) is 5.90. The van der Waals surface area contributed by atoms with E-state index in [-0.39, 0.29) is 0 Å². The maximum absolute atomic E-state index is 5.01. The van der Waals surface area contributed by atoms with Gasteiger partial charge in [-0.1, -0.05) is 18.2 Å². The van der Waals surface area contributed by atoms with E-state index < -0.39 is 0 Å². The number of benzene rings is 1. The van der Waals surface area contributed by atoms with Crippen LogP contribution in [-0.2, 0) is 0 Å². The molecular formula is C7H9N3S. The van der Waals surface area contributed by atoms with Crippen LogP contribution in [0.4, 0.5) is 5.69 Å². The average Bonchev–Trinajstić information content (AvgIpc) is 2.07. The summed E-state index contributed by atoms with van der Waals surface area (Å²) in [5, 5.41) is 0. The summed E-state index contributed by atoms with van der Waals surface area (Å²) in [5.41, 5.74) is 2.57. The molecule has 11 heavy (non-hydrogen) atoms. The molecule has 0 radical (unpaired) electrons. The van der Waals surface area contributed by atoms with Crippen molar-refractivity contribution >= 4 is 23.2 Å².